The van der Waals surface area contributed by atoms with Crippen molar-refractivity contribution in [3.8, 4) is 5.75 Å². The number of aliphatic carboxylic acids is 1. The van der Waals surface area contributed by atoms with Crippen molar-refractivity contribution in [2.24, 2.45) is 23.7 Å². The number of hydrogen-bond donors (Lipinski definition) is 3. The Labute approximate surface area is 288 Å². The molecule has 2 aliphatic heterocycles. The molecule has 2 saturated heterocycles. The summed E-state index contributed by atoms with van der Waals surface area (Å²) in [5.74, 6) is -6.98. The number of imide groups is 2. The van der Waals surface area contributed by atoms with E-state index < -0.39 is 64.6 Å². The molecule has 1 saturated carbocycles. The number of nitrogens with zero attached hydrogens (tertiary/aromatic N) is 2. The predicted octanol–water partition coefficient (Wildman–Crippen LogP) is 5.31. The molecular weight excluding hydrogens is 634 g/mol. The number of amides is 4. The van der Waals surface area contributed by atoms with Gasteiger partial charge in [0.2, 0.25) is 11.8 Å². The second-order valence-corrected chi connectivity index (χ2v) is 13.8. The van der Waals surface area contributed by atoms with Crippen LogP contribution >= 0.6 is 0 Å². The van der Waals surface area contributed by atoms with E-state index in [4.69, 9.17) is 0 Å². The summed E-state index contributed by atoms with van der Waals surface area (Å²) < 4.78 is 0. The first-order chi connectivity index (χ1) is 24.1. The fraction of sp³-hybridized carbons (Fsp3) is 0.275. The molecule has 3 fully saturated rings. The van der Waals surface area contributed by atoms with E-state index in [1.165, 1.54) is 0 Å². The fourth-order valence-electron chi connectivity index (χ4n) is 9.09. The smallest absolute Gasteiger partial charge is 0.305 e. The molecule has 10 nitrogen and oxygen atoms in total. The van der Waals surface area contributed by atoms with E-state index in [0.717, 1.165) is 26.4 Å². The summed E-state index contributed by atoms with van der Waals surface area (Å²) in [6, 6.07) is 27.6. The van der Waals surface area contributed by atoms with Crippen LogP contribution in [0.3, 0.4) is 0 Å². The van der Waals surface area contributed by atoms with E-state index in [0.29, 0.717) is 22.2 Å². The molecule has 0 radical (unpaired) electrons. The Morgan fingerprint density at radius 3 is 2.32 bits per heavy atom. The molecule has 3 N–H and O–H groups in total. The van der Waals surface area contributed by atoms with Crippen LogP contribution in [-0.2, 0) is 29.4 Å². The second-order valence-electron chi connectivity index (χ2n) is 13.8. The Morgan fingerprint density at radius 1 is 0.860 bits per heavy atom. The molecule has 8 rings (SSSR count). The fourth-order valence-corrected chi connectivity index (χ4v) is 9.09. The lowest BCUT2D eigenvalue weighted by molar-refractivity contribution is -0.143. The van der Waals surface area contributed by atoms with Gasteiger partial charge in [0.25, 0.3) is 11.8 Å². The number of carboxylic acid groups (broad SMARTS) is 1. The van der Waals surface area contributed by atoms with Gasteiger partial charge >= 0.3 is 5.97 Å². The lowest BCUT2D eigenvalue weighted by Gasteiger charge is -2.50. The third-order valence-corrected chi connectivity index (χ3v) is 11.3. The summed E-state index contributed by atoms with van der Waals surface area (Å²) in [5, 5.41) is 23.9. The topological polar surface area (TPSA) is 144 Å². The number of allylic oxidation sites excluding steroid dienone is 2. The quantitative estimate of drug-likeness (QED) is 0.177. The third kappa shape index (κ3) is 4.51. The maximum Gasteiger partial charge on any atom is 0.305 e. The number of aryl methyl sites for hydroxylation is 1. The molecule has 4 aromatic carbocycles. The highest BCUT2D eigenvalue weighted by Gasteiger charge is 2.70. The van der Waals surface area contributed by atoms with E-state index >= 15 is 4.79 Å². The number of phenolic OH excluding ortho intramolecular Hbond substituents is 1. The second kappa shape index (κ2) is 11.7. The van der Waals surface area contributed by atoms with E-state index in [9.17, 15) is 29.4 Å². The summed E-state index contributed by atoms with van der Waals surface area (Å²) in [7, 11) is 0. The van der Waals surface area contributed by atoms with Crippen LogP contribution in [-0.4, -0.2) is 56.3 Å². The molecule has 0 aromatic heterocycles. The summed E-state index contributed by atoms with van der Waals surface area (Å²) in [6.07, 6.45) is 1.86. The largest absolute Gasteiger partial charge is 0.507 e. The van der Waals surface area contributed by atoms with Gasteiger partial charge in [0.05, 0.1) is 35.3 Å². The standard InChI is InChI=1S/C40H35N3O7/c1-22-11-14-25(15-12-22)41-43-37(48)31-21-30-27(17-18-28-33(30)38(49)42(36(28)47)20-19-32(44)45)34(40(31,39(43)50)24-8-3-2-4-9-24)29-16-13-23-7-5-6-10-26(23)35(29)46/h2-17,28,30-31,33-34,41,46H,18-21H2,1H3,(H,44,45)/t28-,30+,31-,33-,34+,40+/m0/s1. The van der Waals surface area contributed by atoms with Gasteiger partial charge in [0.15, 0.2) is 0 Å². The molecule has 4 aliphatic rings. The van der Waals surface area contributed by atoms with E-state index in [-0.39, 0.29) is 31.6 Å². The van der Waals surface area contributed by atoms with Crippen molar-refractivity contribution in [2.45, 2.75) is 37.5 Å². The molecule has 252 valence electrons. The molecule has 50 heavy (non-hydrogen) atoms. The molecule has 0 unspecified atom stereocenters. The Kier molecular flexibility index (Phi) is 7.36. The first-order valence-corrected chi connectivity index (χ1v) is 16.9. The predicted molar refractivity (Wildman–Crippen MR) is 183 cm³/mol. The molecule has 4 aromatic rings. The van der Waals surface area contributed by atoms with Crippen LogP contribution in [0.5, 0.6) is 5.75 Å². The number of carboxylic acids is 1. The number of likely N-dealkylation sites (tertiary alicyclic amines) is 1. The zero-order chi connectivity index (χ0) is 34.9. The van der Waals surface area contributed by atoms with Crippen LogP contribution < -0.4 is 5.43 Å². The highest BCUT2D eigenvalue weighted by molar-refractivity contribution is 6.13. The number of phenols is 1. The van der Waals surface area contributed by atoms with Gasteiger partial charge in [-0.3, -0.25) is 34.3 Å². The zero-order valence-electron chi connectivity index (χ0n) is 27.3. The number of carbonyl (C=O) groups excluding carboxylic acids is 4. The number of rotatable bonds is 7. The van der Waals surface area contributed by atoms with Gasteiger partial charge in [-0.25, -0.2) is 0 Å². The number of hydrazine groups is 1. The molecule has 2 aliphatic carbocycles. The van der Waals surface area contributed by atoms with Crippen LogP contribution in [0.4, 0.5) is 5.69 Å². The molecule has 2 heterocycles. The van der Waals surface area contributed by atoms with Crippen molar-refractivity contribution in [3.05, 3.63) is 119 Å². The Hall–Kier alpha value is -5.77. The van der Waals surface area contributed by atoms with Crippen molar-refractivity contribution in [3.63, 3.8) is 0 Å². The first-order valence-electron chi connectivity index (χ1n) is 16.9. The van der Waals surface area contributed by atoms with Gasteiger partial charge in [-0.1, -0.05) is 96.1 Å². The van der Waals surface area contributed by atoms with Crippen molar-refractivity contribution in [2.75, 3.05) is 12.0 Å². The Bertz CT molecular complexity index is 2130. The number of carbonyl (C=O) groups is 5. The van der Waals surface area contributed by atoms with E-state index in [2.05, 4.69) is 5.43 Å². The number of fused-ring (bicyclic) bond motifs is 5. The van der Waals surface area contributed by atoms with Crippen LogP contribution in [0.1, 0.15) is 41.9 Å². The Balaban J connectivity index is 1.35. The lowest BCUT2D eigenvalue weighted by atomic mass is 9.49. The number of hydrogen-bond acceptors (Lipinski definition) is 7. The van der Waals surface area contributed by atoms with E-state index in [1.54, 1.807) is 24.3 Å². The maximum absolute atomic E-state index is 15.3. The monoisotopic (exact) mass is 669 g/mol. The number of benzene rings is 4. The van der Waals surface area contributed by atoms with Crippen LogP contribution in [0, 0.1) is 30.6 Å². The summed E-state index contributed by atoms with van der Waals surface area (Å²) in [5.41, 5.74) is 4.89. The minimum atomic E-state index is -1.51. The number of anilines is 1. The summed E-state index contributed by atoms with van der Waals surface area (Å²) >= 11 is 0. The highest BCUT2D eigenvalue weighted by atomic mass is 16.4. The molecule has 0 spiro atoms. The average molecular weight is 670 g/mol. The van der Waals surface area contributed by atoms with Gasteiger partial charge in [-0.2, -0.15) is 5.01 Å². The molecule has 10 heteroatoms. The lowest BCUT2D eigenvalue weighted by Crippen LogP contribution is -2.53. The van der Waals surface area contributed by atoms with Gasteiger partial charge in [-0.05, 0) is 48.8 Å². The van der Waals surface area contributed by atoms with Crippen molar-refractivity contribution >= 4 is 46.1 Å². The Morgan fingerprint density at radius 2 is 1.58 bits per heavy atom. The van der Waals surface area contributed by atoms with Gasteiger partial charge < -0.3 is 10.2 Å². The maximum atomic E-state index is 15.3. The molecular formula is C40H35N3O7. The van der Waals surface area contributed by atoms with Crippen molar-refractivity contribution in [1.82, 2.24) is 9.91 Å². The summed E-state index contributed by atoms with van der Waals surface area (Å²) in [4.78, 5) is 70.2. The van der Waals surface area contributed by atoms with Crippen LogP contribution in [0.2, 0.25) is 0 Å². The number of aromatic hydroxyl groups is 1. The minimum Gasteiger partial charge on any atom is -0.507 e. The van der Waals surface area contributed by atoms with Crippen LogP contribution in [0.15, 0.2) is 103 Å². The van der Waals surface area contributed by atoms with Crippen LogP contribution in [0.25, 0.3) is 10.8 Å². The zero-order valence-corrected chi connectivity index (χ0v) is 27.3. The van der Waals surface area contributed by atoms with Gasteiger partial charge in [0.1, 0.15) is 5.75 Å². The molecule has 6 atom stereocenters. The molecule has 0 bridgehead atoms. The normalized spacial score (nSPS) is 27.2. The average Bonchev–Trinajstić information content (AvgIpc) is 3.49. The third-order valence-electron chi connectivity index (χ3n) is 11.3. The summed E-state index contributed by atoms with van der Waals surface area (Å²) in [6.45, 7) is 1.70. The molecule has 4 amide bonds. The van der Waals surface area contributed by atoms with Crippen molar-refractivity contribution in [1.29, 1.82) is 0 Å². The van der Waals surface area contributed by atoms with E-state index in [1.807, 2.05) is 79.7 Å². The minimum absolute atomic E-state index is 0.0204. The van der Waals surface area contributed by atoms with Crippen molar-refractivity contribution < 1.29 is 34.2 Å². The highest BCUT2D eigenvalue weighted by Crippen LogP contribution is 2.65. The SMILES string of the molecule is Cc1ccc(NN2C(=O)[C@@H]3C[C@@H]4C(=CC[C@@H]5C(=O)N(CCC(=O)O)C(=O)[C@@H]54)[C@H](c4ccc5ccccc5c4O)[C@]3(c3ccccc3)C2=O)cc1. The number of nitrogens with one attached hydrogen (secondary N) is 1. The van der Waals surface area contributed by atoms with Gasteiger partial charge in [-0.15, -0.1) is 0 Å². The van der Waals surface area contributed by atoms with Gasteiger partial charge in [0, 0.05) is 23.4 Å². The first kappa shape index (κ1) is 31.5.